The quantitative estimate of drug-likeness (QED) is 0.597. The van der Waals surface area contributed by atoms with Crippen LogP contribution in [0.3, 0.4) is 0 Å². The standard InChI is InChI=1S/C21H19FN2O4S/c1-2-8-23-19(26)13-24-20(12-16(25)17-7-4-9-28-17)29-18(21(24)27)11-14-5-3-6-15(22)10-14/h3-7,9-12H,2,8,13H2,1H3,(H,23,26)/b18-11+,20-12-. The van der Waals surface area contributed by atoms with Crippen LogP contribution in [0.25, 0.3) is 12.2 Å². The molecule has 0 unspecified atom stereocenters. The highest BCUT2D eigenvalue weighted by Gasteiger charge is 2.12. The largest absolute Gasteiger partial charge is 0.461 e. The fourth-order valence-corrected chi connectivity index (χ4v) is 3.65. The van der Waals surface area contributed by atoms with Crippen molar-refractivity contribution in [3.8, 4) is 0 Å². The molecule has 1 amide bonds. The smallest absolute Gasteiger partial charge is 0.269 e. The Morgan fingerprint density at radius 1 is 1.28 bits per heavy atom. The van der Waals surface area contributed by atoms with Gasteiger partial charge in [0.2, 0.25) is 11.7 Å². The number of rotatable bonds is 7. The minimum absolute atomic E-state index is 0.128. The lowest BCUT2D eigenvalue weighted by Gasteiger charge is -2.03. The van der Waals surface area contributed by atoms with Gasteiger partial charge in [-0.1, -0.05) is 19.1 Å². The molecule has 0 aliphatic rings. The third-order valence-electron chi connectivity index (χ3n) is 3.98. The van der Waals surface area contributed by atoms with E-state index in [1.165, 1.54) is 41.2 Å². The fraction of sp³-hybridized carbons (Fsp3) is 0.190. The van der Waals surface area contributed by atoms with Gasteiger partial charge in [0.25, 0.3) is 5.56 Å². The van der Waals surface area contributed by atoms with E-state index >= 15 is 0 Å². The number of ketones is 1. The number of benzene rings is 1. The summed E-state index contributed by atoms with van der Waals surface area (Å²) in [7, 11) is 0. The van der Waals surface area contributed by atoms with Crippen LogP contribution < -0.4 is 20.1 Å². The predicted molar refractivity (Wildman–Crippen MR) is 109 cm³/mol. The lowest BCUT2D eigenvalue weighted by Crippen LogP contribution is -2.38. The van der Waals surface area contributed by atoms with Gasteiger partial charge in [-0.15, -0.1) is 11.3 Å². The highest BCUT2D eigenvalue weighted by molar-refractivity contribution is 7.07. The average Bonchev–Trinajstić information content (AvgIpc) is 3.32. The first kappa shape index (κ1) is 20.5. The Morgan fingerprint density at radius 3 is 2.79 bits per heavy atom. The van der Waals surface area contributed by atoms with Crippen molar-refractivity contribution in [3.63, 3.8) is 0 Å². The summed E-state index contributed by atoms with van der Waals surface area (Å²) in [6, 6.07) is 8.92. The van der Waals surface area contributed by atoms with Crippen LogP contribution in [-0.2, 0) is 11.3 Å². The Labute approximate surface area is 169 Å². The first-order chi connectivity index (χ1) is 14.0. The van der Waals surface area contributed by atoms with Gasteiger partial charge in [-0.3, -0.25) is 19.0 Å². The number of furan rings is 1. The summed E-state index contributed by atoms with van der Waals surface area (Å²) >= 11 is 1.05. The Bertz CT molecular complexity index is 1190. The summed E-state index contributed by atoms with van der Waals surface area (Å²) in [5.41, 5.74) is 0.0826. The molecule has 3 aromatic rings. The molecular weight excluding hydrogens is 395 g/mol. The molecule has 0 aliphatic heterocycles. The molecule has 0 aliphatic carbocycles. The van der Waals surface area contributed by atoms with E-state index in [0.717, 1.165) is 17.8 Å². The van der Waals surface area contributed by atoms with Crippen molar-refractivity contribution in [1.29, 1.82) is 0 Å². The minimum Gasteiger partial charge on any atom is -0.461 e. The molecule has 1 N–H and O–H groups in total. The number of nitrogens with zero attached hydrogens (tertiary/aromatic N) is 1. The molecule has 0 fully saturated rings. The minimum atomic E-state index is -0.426. The first-order valence-electron chi connectivity index (χ1n) is 9.01. The van der Waals surface area contributed by atoms with Crippen LogP contribution in [0, 0.1) is 5.82 Å². The van der Waals surface area contributed by atoms with Gasteiger partial charge in [0, 0.05) is 12.6 Å². The molecule has 0 bridgehead atoms. The maximum atomic E-state index is 13.5. The van der Waals surface area contributed by atoms with Crippen molar-refractivity contribution in [2.75, 3.05) is 6.54 Å². The summed E-state index contributed by atoms with van der Waals surface area (Å²) in [5.74, 6) is -1.04. The van der Waals surface area contributed by atoms with Gasteiger partial charge < -0.3 is 9.73 Å². The second kappa shape index (κ2) is 9.29. The Balaban J connectivity index is 2.09. The van der Waals surface area contributed by atoms with E-state index in [0.29, 0.717) is 16.8 Å². The molecule has 2 heterocycles. The fourth-order valence-electron chi connectivity index (χ4n) is 2.61. The summed E-state index contributed by atoms with van der Waals surface area (Å²) in [6.07, 6.45) is 4.94. The van der Waals surface area contributed by atoms with E-state index in [1.54, 1.807) is 18.2 Å². The number of hydrogen-bond donors (Lipinski definition) is 1. The molecule has 0 atom stereocenters. The second-order valence-electron chi connectivity index (χ2n) is 6.23. The SMILES string of the molecule is CCCNC(=O)Cn1c(=O)/c(=C\c2cccc(F)c2)s/c1=C\C(=O)c1ccco1. The number of thiazole rings is 1. The number of halogens is 1. The number of Topliss-reactive ketones (excluding diaryl/α,β-unsaturated/α-hetero) is 1. The van der Waals surface area contributed by atoms with Crippen LogP contribution in [0.4, 0.5) is 4.39 Å². The van der Waals surface area contributed by atoms with Crippen LogP contribution in [0.5, 0.6) is 0 Å². The van der Waals surface area contributed by atoms with Crippen molar-refractivity contribution in [2.45, 2.75) is 19.9 Å². The Hall–Kier alpha value is -3.26. The highest BCUT2D eigenvalue weighted by atomic mass is 32.1. The normalized spacial score (nSPS) is 12.3. The number of carbonyl (C=O) groups excluding carboxylic acids is 2. The Morgan fingerprint density at radius 2 is 2.10 bits per heavy atom. The van der Waals surface area contributed by atoms with Crippen molar-refractivity contribution < 1.29 is 18.4 Å². The lowest BCUT2D eigenvalue weighted by atomic mass is 10.2. The van der Waals surface area contributed by atoms with E-state index in [-0.39, 0.29) is 22.7 Å². The topological polar surface area (TPSA) is 81.3 Å². The molecule has 150 valence electrons. The zero-order valence-electron chi connectivity index (χ0n) is 15.7. The zero-order valence-corrected chi connectivity index (χ0v) is 16.5. The van der Waals surface area contributed by atoms with Gasteiger partial charge in [-0.25, -0.2) is 4.39 Å². The van der Waals surface area contributed by atoms with Gasteiger partial charge in [0.05, 0.1) is 10.8 Å². The molecule has 2 aromatic heterocycles. The molecule has 0 radical (unpaired) electrons. The van der Waals surface area contributed by atoms with Crippen LogP contribution in [0.2, 0.25) is 0 Å². The molecule has 0 saturated heterocycles. The van der Waals surface area contributed by atoms with Gasteiger partial charge in [-0.2, -0.15) is 0 Å². The van der Waals surface area contributed by atoms with Crippen molar-refractivity contribution in [1.82, 2.24) is 9.88 Å². The average molecular weight is 414 g/mol. The molecule has 29 heavy (non-hydrogen) atoms. The van der Waals surface area contributed by atoms with E-state index in [9.17, 15) is 18.8 Å². The summed E-state index contributed by atoms with van der Waals surface area (Å²) in [6.45, 7) is 2.19. The van der Waals surface area contributed by atoms with Crippen LogP contribution in [0.15, 0.2) is 51.9 Å². The molecule has 1 aromatic carbocycles. The van der Waals surface area contributed by atoms with Gasteiger partial charge >= 0.3 is 0 Å². The van der Waals surface area contributed by atoms with E-state index in [2.05, 4.69) is 5.32 Å². The third-order valence-corrected chi connectivity index (χ3v) is 5.04. The number of nitrogens with one attached hydrogen (secondary N) is 1. The monoisotopic (exact) mass is 414 g/mol. The number of aromatic nitrogens is 1. The summed E-state index contributed by atoms with van der Waals surface area (Å²) in [5, 5.41) is 2.71. The second-order valence-corrected chi connectivity index (χ2v) is 7.29. The highest BCUT2D eigenvalue weighted by Crippen LogP contribution is 2.04. The molecule has 0 saturated carbocycles. The van der Waals surface area contributed by atoms with Gasteiger partial charge in [0.1, 0.15) is 17.0 Å². The Kier molecular flexibility index (Phi) is 6.56. The number of amides is 1. The molecular formula is C21H19FN2O4S. The van der Waals surface area contributed by atoms with Crippen molar-refractivity contribution >= 4 is 35.2 Å². The van der Waals surface area contributed by atoms with Crippen LogP contribution in [0.1, 0.15) is 29.5 Å². The predicted octanol–water partition coefficient (Wildman–Crippen LogP) is 1.66. The first-order valence-corrected chi connectivity index (χ1v) is 9.82. The maximum Gasteiger partial charge on any atom is 0.269 e. The molecule has 8 heteroatoms. The van der Waals surface area contributed by atoms with Crippen molar-refractivity contribution in [2.24, 2.45) is 0 Å². The zero-order chi connectivity index (χ0) is 20.8. The molecule has 6 nitrogen and oxygen atoms in total. The third kappa shape index (κ3) is 5.17. The van der Waals surface area contributed by atoms with Gasteiger partial charge in [-0.05, 0) is 42.3 Å². The maximum absolute atomic E-state index is 13.5. The number of carbonyl (C=O) groups is 2. The lowest BCUT2D eigenvalue weighted by molar-refractivity contribution is -0.121. The van der Waals surface area contributed by atoms with E-state index in [4.69, 9.17) is 4.42 Å². The van der Waals surface area contributed by atoms with Gasteiger partial charge in [0.15, 0.2) is 5.76 Å². The summed E-state index contributed by atoms with van der Waals surface area (Å²) in [4.78, 5) is 37.4. The summed E-state index contributed by atoms with van der Waals surface area (Å²) < 4.78 is 20.4. The van der Waals surface area contributed by atoms with E-state index in [1.807, 2.05) is 6.92 Å². The van der Waals surface area contributed by atoms with Crippen LogP contribution >= 0.6 is 11.3 Å². The van der Waals surface area contributed by atoms with Crippen LogP contribution in [-0.4, -0.2) is 22.8 Å². The van der Waals surface area contributed by atoms with E-state index < -0.39 is 17.2 Å². The van der Waals surface area contributed by atoms with Crippen molar-refractivity contribution in [3.05, 3.63) is 79.4 Å². The molecule has 3 rings (SSSR count). The molecule has 0 spiro atoms. The number of hydrogen-bond acceptors (Lipinski definition) is 5.